The molecule has 0 radical (unpaired) electrons. The third kappa shape index (κ3) is 2.88. The minimum absolute atomic E-state index is 0.181. The molecule has 0 spiro atoms. The van der Waals surface area contributed by atoms with Gasteiger partial charge < -0.3 is 9.64 Å². The molecule has 1 aromatic heterocycles. The Balaban J connectivity index is 1.80. The normalized spacial score (nSPS) is 20.7. The monoisotopic (exact) mass is 366 g/mol. The van der Waals surface area contributed by atoms with Crippen molar-refractivity contribution in [1.82, 2.24) is 14.9 Å². The van der Waals surface area contributed by atoms with Gasteiger partial charge in [0.1, 0.15) is 17.9 Å². The fourth-order valence-electron chi connectivity index (χ4n) is 3.20. The molecule has 0 aliphatic carbocycles. The zero-order chi connectivity index (χ0) is 18.1. The van der Waals surface area contributed by atoms with Gasteiger partial charge >= 0.3 is 5.97 Å². The minimum atomic E-state index is -0.378. The van der Waals surface area contributed by atoms with Gasteiger partial charge in [-0.25, -0.2) is 14.8 Å². The van der Waals surface area contributed by atoms with Gasteiger partial charge in [-0.3, -0.25) is 4.99 Å². The van der Waals surface area contributed by atoms with E-state index in [0.29, 0.717) is 5.56 Å². The van der Waals surface area contributed by atoms with Crippen molar-refractivity contribution >= 4 is 23.4 Å². The summed E-state index contributed by atoms with van der Waals surface area (Å²) in [5, 5.41) is 0.189. The van der Waals surface area contributed by atoms with Crippen molar-refractivity contribution in [3.8, 4) is 0 Å². The van der Waals surface area contributed by atoms with Gasteiger partial charge in [-0.2, -0.15) is 0 Å². The van der Waals surface area contributed by atoms with Gasteiger partial charge in [0.05, 0.1) is 18.4 Å². The third-order valence-corrected chi connectivity index (χ3v) is 4.52. The van der Waals surface area contributed by atoms with Crippen LogP contribution in [0.4, 0.5) is 0 Å². The van der Waals surface area contributed by atoms with Gasteiger partial charge in [-0.05, 0) is 47.5 Å². The second-order valence-electron chi connectivity index (χ2n) is 5.85. The maximum absolute atomic E-state index is 11.9. The smallest absolute Gasteiger partial charge is 0.337 e. The molecule has 4 rings (SSSR count). The van der Waals surface area contributed by atoms with Crippen molar-refractivity contribution in [2.75, 3.05) is 7.11 Å². The Morgan fingerprint density at radius 1 is 1.27 bits per heavy atom. The first-order valence-electron chi connectivity index (χ1n) is 8.05. The molecular weight excluding hydrogens is 352 g/mol. The molecule has 2 unspecified atom stereocenters. The van der Waals surface area contributed by atoms with Crippen LogP contribution in [0.25, 0.3) is 0 Å². The van der Waals surface area contributed by atoms with Crippen LogP contribution < -0.4 is 0 Å². The van der Waals surface area contributed by atoms with Crippen LogP contribution in [-0.2, 0) is 4.74 Å². The first kappa shape index (κ1) is 16.5. The van der Waals surface area contributed by atoms with Crippen molar-refractivity contribution in [3.63, 3.8) is 0 Å². The number of carbonyl (C=O) groups is 1. The van der Waals surface area contributed by atoms with Crippen LogP contribution in [0.1, 0.15) is 33.7 Å². The summed E-state index contributed by atoms with van der Waals surface area (Å²) in [6.07, 6.45) is 9.42. The standard InChI is InChI=1S/C19H15ClN4O2/c1-26-18(25)13-6-4-5-12(11-13)16-17(14-8-9-21-19(20)22-14)24-10-3-2-7-15(24)23-16/h2-11,16-17H,1H3. The highest BCUT2D eigenvalue weighted by Crippen LogP contribution is 2.42. The Bertz CT molecular complexity index is 954. The number of ether oxygens (including phenoxy) is 1. The number of halogens is 1. The second kappa shape index (κ2) is 6.72. The highest BCUT2D eigenvalue weighted by atomic mass is 35.5. The van der Waals surface area contributed by atoms with Crippen molar-refractivity contribution in [2.45, 2.75) is 12.1 Å². The molecule has 6 nitrogen and oxygen atoms in total. The van der Waals surface area contributed by atoms with Crippen LogP contribution in [-0.4, -0.2) is 33.8 Å². The Morgan fingerprint density at radius 2 is 2.15 bits per heavy atom. The largest absolute Gasteiger partial charge is 0.465 e. The molecule has 130 valence electrons. The number of hydrogen-bond donors (Lipinski definition) is 0. The lowest BCUT2D eigenvalue weighted by atomic mass is 9.95. The number of fused-ring (bicyclic) bond motifs is 1. The number of benzene rings is 1. The summed E-state index contributed by atoms with van der Waals surface area (Å²) >= 11 is 6.01. The lowest BCUT2D eigenvalue weighted by Crippen LogP contribution is -2.27. The van der Waals surface area contributed by atoms with Crippen molar-refractivity contribution < 1.29 is 9.53 Å². The zero-order valence-electron chi connectivity index (χ0n) is 13.9. The SMILES string of the molecule is COC(=O)c1cccc(C2N=C3C=CC=CN3C2c2ccnc(Cl)n2)c1. The van der Waals surface area contributed by atoms with Gasteiger partial charge in [0, 0.05) is 12.4 Å². The number of allylic oxidation sites excluding steroid dienone is 2. The Kier molecular flexibility index (Phi) is 4.26. The molecule has 0 amide bonds. The van der Waals surface area contributed by atoms with Crippen LogP contribution in [0.5, 0.6) is 0 Å². The minimum Gasteiger partial charge on any atom is -0.465 e. The highest BCUT2D eigenvalue weighted by Gasteiger charge is 2.38. The van der Waals surface area contributed by atoms with E-state index in [1.165, 1.54) is 7.11 Å². The maximum atomic E-state index is 11.9. The van der Waals surface area contributed by atoms with E-state index in [-0.39, 0.29) is 23.3 Å². The number of esters is 1. The van der Waals surface area contributed by atoms with E-state index in [9.17, 15) is 4.79 Å². The molecule has 2 aromatic rings. The molecule has 2 atom stereocenters. The number of hydrogen-bond acceptors (Lipinski definition) is 6. The van der Waals surface area contributed by atoms with E-state index in [1.54, 1.807) is 12.3 Å². The number of rotatable bonds is 3. The van der Waals surface area contributed by atoms with E-state index < -0.39 is 0 Å². The van der Waals surface area contributed by atoms with E-state index in [4.69, 9.17) is 21.3 Å². The zero-order valence-corrected chi connectivity index (χ0v) is 14.7. The molecule has 2 aliphatic heterocycles. The van der Waals surface area contributed by atoms with E-state index >= 15 is 0 Å². The molecule has 2 aliphatic rings. The Hall–Kier alpha value is -2.99. The summed E-state index contributed by atoms with van der Waals surface area (Å²) < 4.78 is 4.83. The van der Waals surface area contributed by atoms with Crippen LogP contribution in [0.15, 0.2) is 65.9 Å². The van der Waals surface area contributed by atoms with E-state index in [2.05, 4.69) is 9.97 Å². The number of nitrogens with zero attached hydrogens (tertiary/aromatic N) is 4. The predicted molar refractivity (Wildman–Crippen MR) is 97.9 cm³/mol. The number of methoxy groups -OCH3 is 1. The number of amidine groups is 1. The molecule has 0 N–H and O–H groups in total. The number of aromatic nitrogens is 2. The Morgan fingerprint density at radius 3 is 2.96 bits per heavy atom. The molecule has 0 bridgehead atoms. The first-order chi connectivity index (χ1) is 12.7. The van der Waals surface area contributed by atoms with Crippen LogP contribution in [0.3, 0.4) is 0 Å². The summed E-state index contributed by atoms with van der Waals surface area (Å²) in [6.45, 7) is 0. The number of carbonyl (C=O) groups excluding carboxylic acids is 1. The van der Waals surface area contributed by atoms with Crippen LogP contribution in [0.2, 0.25) is 5.28 Å². The quantitative estimate of drug-likeness (QED) is 0.614. The van der Waals surface area contributed by atoms with E-state index in [1.807, 2.05) is 53.6 Å². The highest BCUT2D eigenvalue weighted by molar-refractivity contribution is 6.28. The average Bonchev–Trinajstić information content (AvgIpc) is 3.07. The molecule has 1 aromatic carbocycles. The Labute approximate surface area is 155 Å². The second-order valence-corrected chi connectivity index (χ2v) is 6.19. The lowest BCUT2D eigenvalue weighted by molar-refractivity contribution is 0.0600. The van der Waals surface area contributed by atoms with Crippen LogP contribution >= 0.6 is 11.6 Å². The topological polar surface area (TPSA) is 67.7 Å². The predicted octanol–water partition coefficient (Wildman–Crippen LogP) is 3.50. The van der Waals surface area contributed by atoms with Gasteiger partial charge in [-0.15, -0.1) is 0 Å². The van der Waals surface area contributed by atoms with Crippen molar-refractivity contribution in [1.29, 1.82) is 0 Å². The first-order valence-corrected chi connectivity index (χ1v) is 8.43. The van der Waals surface area contributed by atoms with Gasteiger partial charge in [0.25, 0.3) is 0 Å². The van der Waals surface area contributed by atoms with E-state index in [0.717, 1.165) is 17.1 Å². The van der Waals surface area contributed by atoms with Gasteiger partial charge in [-0.1, -0.05) is 18.2 Å². The summed E-state index contributed by atoms with van der Waals surface area (Å²) in [6, 6.07) is 8.71. The fraction of sp³-hybridized carbons (Fsp3) is 0.158. The van der Waals surface area contributed by atoms with Crippen LogP contribution in [0, 0.1) is 0 Å². The van der Waals surface area contributed by atoms with Crippen molar-refractivity contribution in [3.05, 3.63) is 83.1 Å². The lowest BCUT2D eigenvalue weighted by Gasteiger charge is -2.27. The van der Waals surface area contributed by atoms with Gasteiger partial charge in [0.2, 0.25) is 5.28 Å². The number of aliphatic imine (C=N–C) groups is 1. The molecule has 7 heteroatoms. The summed E-state index contributed by atoms with van der Waals surface area (Å²) in [7, 11) is 1.37. The summed E-state index contributed by atoms with van der Waals surface area (Å²) in [5.41, 5.74) is 2.15. The maximum Gasteiger partial charge on any atom is 0.337 e. The van der Waals surface area contributed by atoms with Crippen molar-refractivity contribution in [2.24, 2.45) is 4.99 Å². The van der Waals surface area contributed by atoms with Gasteiger partial charge in [0.15, 0.2) is 0 Å². The molecule has 26 heavy (non-hydrogen) atoms. The molecule has 0 saturated carbocycles. The molecular formula is C19H15ClN4O2. The average molecular weight is 367 g/mol. The molecule has 0 saturated heterocycles. The molecule has 3 heterocycles. The molecule has 0 fully saturated rings. The summed E-state index contributed by atoms with van der Waals surface area (Å²) in [5.74, 6) is 0.456. The summed E-state index contributed by atoms with van der Waals surface area (Å²) in [4.78, 5) is 27.1. The third-order valence-electron chi connectivity index (χ3n) is 4.34. The fourth-order valence-corrected chi connectivity index (χ4v) is 3.35.